The van der Waals surface area contributed by atoms with Gasteiger partial charge in [0, 0.05) is 49.5 Å². The van der Waals surface area contributed by atoms with Gasteiger partial charge in [-0.15, -0.1) is 11.3 Å². The third kappa shape index (κ3) is 4.41. The maximum atomic E-state index is 9.78. The van der Waals surface area contributed by atoms with E-state index in [4.69, 9.17) is 4.99 Å². The highest BCUT2D eigenvalue weighted by molar-refractivity contribution is 7.16. The van der Waals surface area contributed by atoms with Crippen molar-refractivity contribution in [1.29, 1.82) is 5.26 Å². The number of benzene rings is 2. The van der Waals surface area contributed by atoms with Gasteiger partial charge >= 0.3 is 0 Å². The zero-order chi connectivity index (χ0) is 21.0. The molecule has 2 aliphatic heterocycles. The van der Waals surface area contributed by atoms with E-state index in [2.05, 4.69) is 70.5 Å². The molecule has 0 amide bonds. The number of aliphatic imine (C=N–C) groups is 1. The molecule has 0 unspecified atom stereocenters. The zero-order valence-corrected chi connectivity index (χ0v) is 18.4. The normalized spacial score (nSPS) is 16.5. The van der Waals surface area contributed by atoms with Crippen molar-refractivity contribution in [2.75, 3.05) is 24.5 Å². The third-order valence-corrected chi connectivity index (χ3v) is 7.30. The number of thiophene rings is 1. The minimum absolute atomic E-state index is 0.768. The van der Waals surface area contributed by atoms with E-state index in [1.807, 2.05) is 6.21 Å². The van der Waals surface area contributed by atoms with E-state index < -0.39 is 0 Å². The Kier molecular flexibility index (Phi) is 5.84. The Morgan fingerprint density at radius 3 is 2.52 bits per heavy atom. The highest BCUT2D eigenvalue weighted by atomic mass is 32.1. The average molecular weight is 427 g/mol. The van der Waals surface area contributed by atoms with Crippen LogP contribution in [0.25, 0.3) is 0 Å². The Morgan fingerprint density at radius 2 is 1.77 bits per heavy atom. The Labute approximate surface area is 188 Å². The fourth-order valence-electron chi connectivity index (χ4n) is 4.50. The molecule has 0 aliphatic carbocycles. The van der Waals surface area contributed by atoms with E-state index in [9.17, 15) is 5.26 Å². The molecule has 3 aromatic rings. The molecule has 1 fully saturated rings. The number of anilines is 1. The molecule has 0 radical (unpaired) electrons. The number of rotatable bonds is 5. The van der Waals surface area contributed by atoms with Crippen LogP contribution in [0.2, 0.25) is 0 Å². The third-order valence-electron chi connectivity index (χ3n) is 6.17. The van der Waals surface area contributed by atoms with Crippen LogP contribution in [0.3, 0.4) is 0 Å². The maximum absolute atomic E-state index is 9.78. The largest absolute Gasteiger partial charge is 0.372 e. The van der Waals surface area contributed by atoms with Crippen molar-refractivity contribution < 1.29 is 0 Å². The van der Waals surface area contributed by atoms with Crippen molar-refractivity contribution >= 4 is 28.2 Å². The van der Waals surface area contributed by atoms with Crippen LogP contribution in [0.5, 0.6) is 0 Å². The minimum atomic E-state index is 0.768. The quantitative estimate of drug-likeness (QED) is 0.504. The standard InChI is InChI=1S/C26H26N4S/c27-16-24-23-12-15-29(18-21-6-2-1-3-7-21)19-25(23)31-26(24)28-17-20-8-10-22(11-9-20)30-13-4-5-14-30/h1-3,6-11,17H,4-5,12-15,18-19H2. The Balaban J connectivity index is 1.31. The Hall–Kier alpha value is -2.94. The number of fused-ring (bicyclic) bond motifs is 1. The predicted molar refractivity (Wildman–Crippen MR) is 128 cm³/mol. The molecule has 0 spiro atoms. The van der Waals surface area contributed by atoms with Crippen molar-refractivity contribution in [2.24, 2.45) is 4.99 Å². The Bertz CT molecular complexity index is 1100. The molecule has 0 N–H and O–H groups in total. The molecular formula is C26H26N4S. The van der Waals surface area contributed by atoms with Crippen LogP contribution < -0.4 is 4.90 Å². The van der Waals surface area contributed by atoms with Gasteiger partial charge in [-0.2, -0.15) is 5.26 Å². The van der Waals surface area contributed by atoms with E-state index in [1.54, 1.807) is 11.3 Å². The van der Waals surface area contributed by atoms with Gasteiger partial charge < -0.3 is 4.90 Å². The van der Waals surface area contributed by atoms with Gasteiger partial charge in [-0.3, -0.25) is 4.90 Å². The van der Waals surface area contributed by atoms with Crippen LogP contribution >= 0.6 is 11.3 Å². The summed E-state index contributed by atoms with van der Waals surface area (Å²) in [5, 5.41) is 10.6. The molecule has 1 aromatic heterocycles. The number of hydrogen-bond acceptors (Lipinski definition) is 5. The monoisotopic (exact) mass is 426 g/mol. The molecule has 0 saturated carbocycles. The minimum Gasteiger partial charge on any atom is -0.372 e. The molecule has 5 rings (SSSR count). The van der Waals surface area contributed by atoms with Crippen molar-refractivity contribution in [3.8, 4) is 6.07 Å². The molecule has 0 bridgehead atoms. The highest BCUT2D eigenvalue weighted by Crippen LogP contribution is 2.38. The van der Waals surface area contributed by atoms with Crippen molar-refractivity contribution in [2.45, 2.75) is 32.4 Å². The summed E-state index contributed by atoms with van der Waals surface area (Å²) in [4.78, 5) is 10.9. The van der Waals surface area contributed by atoms with E-state index in [1.165, 1.54) is 34.5 Å². The molecule has 1 saturated heterocycles. The summed E-state index contributed by atoms with van der Waals surface area (Å²) in [6.45, 7) is 5.13. The first-order valence-corrected chi connectivity index (χ1v) is 11.8. The fraction of sp³-hybridized carbons (Fsp3) is 0.308. The molecule has 2 aliphatic rings. The van der Waals surface area contributed by atoms with Gasteiger partial charge in [0.2, 0.25) is 0 Å². The van der Waals surface area contributed by atoms with Crippen LogP contribution in [0.15, 0.2) is 59.6 Å². The number of hydrogen-bond donors (Lipinski definition) is 0. The molecular weight excluding hydrogens is 400 g/mol. The second-order valence-electron chi connectivity index (χ2n) is 8.29. The first-order chi connectivity index (χ1) is 15.3. The summed E-state index contributed by atoms with van der Waals surface area (Å²) in [6, 6.07) is 21.6. The molecule has 4 nitrogen and oxygen atoms in total. The number of nitriles is 1. The van der Waals surface area contributed by atoms with Gasteiger partial charge in [0.1, 0.15) is 11.1 Å². The zero-order valence-electron chi connectivity index (χ0n) is 17.6. The van der Waals surface area contributed by atoms with Gasteiger partial charge in [0.25, 0.3) is 0 Å². The topological polar surface area (TPSA) is 42.6 Å². The van der Waals surface area contributed by atoms with Crippen molar-refractivity contribution in [3.63, 3.8) is 0 Å². The molecule has 0 atom stereocenters. The molecule has 3 heterocycles. The maximum Gasteiger partial charge on any atom is 0.134 e. The van der Waals surface area contributed by atoms with Gasteiger partial charge in [-0.25, -0.2) is 4.99 Å². The van der Waals surface area contributed by atoms with Gasteiger partial charge in [0.05, 0.1) is 5.56 Å². The van der Waals surface area contributed by atoms with E-state index in [-0.39, 0.29) is 0 Å². The van der Waals surface area contributed by atoms with Crippen LogP contribution in [-0.2, 0) is 19.5 Å². The summed E-state index contributed by atoms with van der Waals surface area (Å²) >= 11 is 1.67. The van der Waals surface area contributed by atoms with Crippen LogP contribution in [0, 0.1) is 11.3 Å². The van der Waals surface area contributed by atoms with Crippen LogP contribution in [0.1, 0.15) is 40.0 Å². The van der Waals surface area contributed by atoms with Gasteiger partial charge in [-0.1, -0.05) is 42.5 Å². The van der Waals surface area contributed by atoms with Crippen molar-refractivity contribution in [1.82, 2.24) is 4.90 Å². The number of nitrogens with zero attached hydrogens (tertiary/aromatic N) is 4. The SMILES string of the molecule is N#Cc1c(N=Cc2ccc(N3CCCC3)cc2)sc2c1CCN(Cc1ccccc1)C2. The molecule has 5 heteroatoms. The average Bonchev–Trinajstić information content (AvgIpc) is 3.46. The first kappa shape index (κ1) is 20.0. The predicted octanol–water partition coefficient (Wildman–Crippen LogP) is 5.53. The van der Waals surface area contributed by atoms with Gasteiger partial charge in [0.15, 0.2) is 0 Å². The van der Waals surface area contributed by atoms with E-state index in [0.29, 0.717) is 0 Å². The molecule has 2 aromatic carbocycles. The van der Waals surface area contributed by atoms with E-state index in [0.717, 1.165) is 55.3 Å². The Morgan fingerprint density at radius 1 is 1.00 bits per heavy atom. The fourth-order valence-corrected chi connectivity index (χ4v) is 5.69. The first-order valence-electron chi connectivity index (χ1n) is 11.0. The summed E-state index contributed by atoms with van der Waals surface area (Å²) in [5.41, 5.74) is 5.66. The lowest BCUT2D eigenvalue weighted by molar-refractivity contribution is 0.249. The molecule has 156 valence electrons. The van der Waals surface area contributed by atoms with Crippen LogP contribution in [0.4, 0.5) is 10.7 Å². The summed E-state index contributed by atoms with van der Waals surface area (Å²) < 4.78 is 0. The van der Waals surface area contributed by atoms with E-state index >= 15 is 0 Å². The smallest absolute Gasteiger partial charge is 0.134 e. The second-order valence-corrected chi connectivity index (χ2v) is 9.37. The van der Waals surface area contributed by atoms with Crippen LogP contribution in [-0.4, -0.2) is 30.7 Å². The highest BCUT2D eigenvalue weighted by Gasteiger charge is 2.24. The lowest BCUT2D eigenvalue weighted by atomic mass is 10.0. The summed E-state index contributed by atoms with van der Waals surface area (Å²) in [5.74, 6) is 0. The van der Waals surface area contributed by atoms with Crippen molar-refractivity contribution in [3.05, 3.63) is 81.7 Å². The summed E-state index contributed by atoms with van der Waals surface area (Å²) in [6.07, 6.45) is 5.38. The van der Waals surface area contributed by atoms with Gasteiger partial charge in [-0.05, 0) is 48.1 Å². The second kappa shape index (κ2) is 9.05. The lowest BCUT2D eigenvalue weighted by Crippen LogP contribution is -2.29. The lowest BCUT2D eigenvalue weighted by Gasteiger charge is -2.26. The molecule has 31 heavy (non-hydrogen) atoms. The summed E-state index contributed by atoms with van der Waals surface area (Å²) in [7, 11) is 0.